The third-order valence-electron chi connectivity index (χ3n) is 3.91. The largest absolute Gasteiger partial charge is 0.449 e. The molecule has 0 unspecified atom stereocenters. The van der Waals surface area contributed by atoms with E-state index in [1.165, 1.54) is 24.9 Å². The molecule has 1 N–H and O–H groups in total. The minimum Gasteiger partial charge on any atom is -0.449 e. The maximum absolute atomic E-state index is 12.4. The van der Waals surface area contributed by atoms with Crippen molar-refractivity contribution in [2.75, 3.05) is 5.32 Å². The minimum absolute atomic E-state index is 0.0657. The van der Waals surface area contributed by atoms with Crippen LogP contribution in [0.3, 0.4) is 0 Å². The first kappa shape index (κ1) is 18.9. The van der Waals surface area contributed by atoms with Gasteiger partial charge in [-0.05, 0) is 66.7 Å². The molecule has 1 aromatic heterocycles. The van der Waals surface area contributed by atoms with Gasteiger partial charge in [0.25, 0.3) is 5.91 Å². The molecule has 0 fully saturated rings. The van der Waals surface area contributed by atoms with E-state index in [0.717, 1.165) is 0 Å². The summed E-state index contributed by atoms with van der Waals surface area (Å²) in [5.41, 5.74) is 1.89. The van der Waals surface area contributed by atoms with E-state index in [-0.39, 0.29) is 11.3 Å². The Morgan fingerprint density at radius 1 is 1.07 bits per heavy atom. The number of ether oxygens (including phenoxy) is 1. The molecular formula is C19H17N5O4. The predicted octanol–water partition coefficient (Wildman–Crippen LogP) is 2.05. The maximum atomic E-state index is 12.4. The fourth-order valence-corrected chi connectivity index (χ4v) is 2.37. The number of hydrogen-bond donors (Lipinski definition) is 1. The highest BCUT2D eigenvalue weighted by Crippen LogP contribution is 2.13. The van der Waals surface area contributed by atoms with Crippen molar-refractivity contribution in [1.29, 1.82) is 0 Å². The average molecular weight is 379 g/mol. The van der Waals surface area contributed by atoms with E-state index in [0.29, 0.717) is 16.9 Å². The van der Waals surface area contributed by atoms with Crippen LogP contribution in [0.1, 0.15) is 34.6 Å². The van der Waals surface area contributed by atoms with Crippen LogP contribution in [-0.4, -0.2) is 44.0 Å². The Labute approximate surface area is 160 Å². The number of Topliss-reactive ketones (excluding diaryl/α,β-unsaturated/α-hetero) is 1. The van der Waals surface area contributed by atoms with E-state index in [9.17, 15) is 14.4 Å². The summed E-state index contributed by atoms with van der Waals surface area (Å²) in [5.74, 6) is -1.20. The number of hydrogen-bond acceptors (Lipinski definition) is 7. The van der Waals surface area contributed by atoms with E-state index < -0.39 is 18.0 Å². The number of nitrogens with zero attached hydrogens (tertiary/aromatic N) is 4. The molecule has 0 aliphatic carbocycles. The van der Waals surface area contributed by atoms with Crippen LogP contribution in [-0.2, 0) is 9.53 Å². The SMILES string of the molecule is CC(=O)c1ccc(NC(=O)[C@@H](C)OC(=O)c2cccc(-n3cnnn3)c2)cc1. The first-order chi connectivity index (χ1) is 13.4. The van der Waals surface area contributed by atoms with E-state index in [2.05, 4.69) is 20.8 Å². The van der Waals surface area contributed by atoms with E-state index in [1.807, 2.05) is 0 Å². The van der Waals surface area contributed by atoms with Crippen molar-refractivity contribution in [2.45, 2.75) is 20.0 Å². The smallest absolute Gasteiger partial charge is 0.338 e. The van der Waals surface area contributed by atoms with Gasteiger partial charge in [-0.1, -0.05) is 6.07 Å². The standard InChI is InChI=1S/C19H17N5O4/c1-12(25)14-6-8-16(9-7-14)21-18(26)13(2)28-19(27)15-4-3-5-17(10-15)24-11-20-22-23-24/h3-11,13H,1-2H3,(H,21,26)/t13-/m1/s1. The second kappa shape index (κ2) is 8.21. The lowest BCUT2D eigenvalue weighted by Crippen LogP contribution is -2.30. The summed E-state index contributed by atoms with van der Waals surface area (Å²) in [6.07, 6.45) is 0.384. The van der Waals surface area contributed by atoms with Crippen LogP contribution in [0.4, 0.5) is 5.69 Å². The number of esters is 1. The second-order valence-electron chi connectivity index (χ2n) is 5.98. The molecule has 1 heterocycles. The normalized spacial score (nSPS) is 11.5. The number of ketones is 1. The molecule has 142 valence electrons. The van der Waals surface area contributed by atoms with Crippen molar-refractivity contribution in [3.63, 3.8) is 0 Å². The Hall–Kier alpha value is -3.88. The van der Waals surface area contributed by atoms with Crippen LogP contribution < -0.4 is 5.32 Å². The molecule has 9 nitrogen and oxygen atoms in total. The van der Waals surface area contributed by atoms with Gasteiger partial charge in [-0.25, -0.2) is 9.48 Å². The lowest BCUT2D eigenvalue weighted by molar-refractivity contribution is -0.123. The second-order valence-corrected chi connectivity index (χ2v) is 5.98. The van der Waals surface area contributed by atoms with E-state index in [4.69, 9.17) is 4.74 Å². The summed E-state index contributed by atoms with van der Waals surface area (Å²) in [6, 6.07) is 13.0. The van der Waals surface area contributed by atoms with Crippen LogP contribution in [0.5, 0.6) is 0 Å². The Bertz CT molecular complexity index is 999. The monoisotopic (exact) mass is 379 g/mol. The fraction of sp³-hybridized carbons (Fsp3) is 0.158. The molecule has 0 aliphatic rings. The fourth-order valence-electron chi connectivity index (χ4n) is 2.37. The number of rotatable bonds is 6. The lowest BCUT2D eigenvalue weighted by Gasteiger charge is -2.14. The average Bonchev–Trinajstić information content (AvgIpc) is 3.23. The van der Waals surface area contributed by atoms with Gasteiger partial charge in [0.1, 0.15) is 6.33 Å². The van der Waals surface area contributed by atoms with Gasteiger partial charge in [-0.15, -0.1) is 5.10 Å². The number of tetrazole rings is 1. The Morgan fingerprint density at radius 3 is 2.46 bits per heavy atom. The van der Waals surface area contributed by atoms with E-state index >= 15 is 0 Å². The highest BCUT2D eigenvalue weighted by Gasteiger charge is 2.19. The highest BCUT2D eigenvalue weighted by atomic mass is 16.5. The van der Waals surface area contributed by atoms with Gasteiger partial charge in [0.05, 0.1) is 11.3 Å². The molecule has 0 bridgehead atoms. The molecular weight excluding hydrogens is 362 g/mol. The number of aromatic nitrogens is 4. The van der Waals surface area contributed by atoms with Crippen LogP contribution in [0, 0.1) is 0 Å². The van der Waals surface area contributed by atoms with Gasteiger partial charge < -0.3 is 10.1 Å². The molecule has 2 aromatic carbocycles. The van der Waals surface area contributed by atoms with Gasteiger partial charge in [0, 0.05) is 11.3 Å². The van der Waals surface area contributed by atoms with Crippen molar-refractivity contribution < 1.29 is 19.1 Å². The van der Waals surface area contributed by atoms with Crippen LogP contribution in [0.25, 0.3) is 5.69 Å². The quantitative estimate of drug-likeness (QED) is 0.515. The molecule has 3 aromatic rings. The molecule has 1 atom stereocenters. The van der Waals surface area contributed by atoms with Gasteiger partial charge in [-0.2, -0.15) is 0 Å². The number of amides is 1. The summed E-state index contributed by atoms with van der Waals surface area (Å²) < 4.78 is 6.64. The van der Waals surface area contributed by atoms with E-state index in [1.54, 1.807) is 48.5 Å². The maximum Gasteiger partial charge on any atom is 0.338 e. The van der Waals surface area contributed by atoms with Gasteiger partial charge in [0.2, 0.25) is 0 Å². The lowest BCUT2D eigenvalue weighted by atomic mass is 10.1. The Kier molecular flexibility index (Phi) is 5.54. The zero-order valence-electron chi connectivity index (χ0n) is 15.2. The summed E-state index contributed by atoms with van der Waals surface area (Å²) in [6.45, 7) is 2.94. The molecule has 3 rings (SSSR count). The van der Waals surface area contributed by atoms with Crippen LogP contribution >= 0.6 is 0 Å². The molecule has 0 radical (unpaired) electrons. The zero-order valence-corrected chi connectivity index (χ0v) is 15.2. The third-order valence-corrected chi connectivity index (χ3v) is 3.91. The first-order valence-electron chi connectivity index (χ1n) is 8.40. The van der Waals surface area contributed by atoms with Gasteiger partial charge >= 0.3 is 5.97 Å². The number of carbonyl (C=O) groups is 3. The van der Waals surface area contributed by atoms with Gasteiger partial charge in [0.15, 0.2) is 11.9 Å². The number of benzene rings is 2. The van der Waals surface area contributed by atoms with Gasteiger partial charge in [-0.3, -0.25) is 9.59 Å². The van der Waals surface area contributed by atoms with Crippen molar-refractivity contribution >= 4 is 23.3 Å². The summed E-state index contributed by atoms with van der Waals surface area (Å²) in [7, 11) is 0. The molecule has 0 spiro atoms. The molecule has 9 heteroatoms. The summed E-state index contributed by atoms with van der Waals surface area (Å²) in [4.78, 5) is 35.9. The molecule has 28 heavy (non-hydrogen) atoms. The Morgan fingerprint density at radius 2 is 1.82 bits per heavy atom. The number of carbonyl (C=O) groups excluding carboxylic acids is 3. The van der Waals surface area contributed by atoms with Crippen molar-refractivity contribution in [3.05, 3.63) is 66.0 Å². The van der Waals surface area contributed by atoms with Crippen molar-refractivity contribution in [3.8, 4) is 5.69 Å². The summed E-state index contributed by atoms with van der Waals surface area (Å²) in [5, 5.41) is 13.5. The van der Waals surface area contributed by atoms with Crippen LogP contribution in [0.2, 0.25) is 0 Å². The molecule has 0 aliphatic heterocycles. The topological polar surface area (TPSA) is 116 Å². The zero-order chi connectivity index (χ0) is 20.1. The number of anilines is 1. The summed E-state index contributed by atoms with van der Waals surface area (Å²) >= 11 is 0. The molecule has 1 amide bonds. The molecule has 0 saturated heterocycles. The minimum atomic E-state index is -1.02. The van der Waals surface area contributed by atoms with Crippen molar-refractivity contribution in [1.82, 2.24) is 20.2 Å². The number of nitrogens with one attached hydrogen (secondary N) is 1. The van der Waals surface area contributed by atoms with Crippen LogP contribution in [0.15, 0.2) is 54.9 Å². The van der Waals surface area contributed by atoms with Crippen molar-refractivity contribution in [2.24, 2.45) is 0 Å². The molecule has 0 saturated carbocycles. The third kappa shape index (κ3) is 4.44. The highest BCUT2D eigenvalue weighted by molar-refractivity contribution is 5.98. The Balaban J connectivity index is 1.63. The first-order valence-corrected chi connectivity index (χ1v) is 8.40. The predicted molar refractivity (Wildman–Crippen MR) is 99.1 cm³/mol.